The van der Waals surface area contributed by atoms with Crippen LogP contribution < -0.4 is 5.43 Å². The van der Waals surface area contributed by atoms with Gasteiger partial charge in [0, 0.05) is 34.8 Å². The minimum absolute atomic E-state index is 0.266. The van der Waals surface area contributed by atoms with Crippen molar-refractivity contribution in [2.45, 2.75) is 46.3 Å². The van der Waals surface area contributed by atoms with E-state index in [1.165, 1.54) is 15.7 Å². The van der Waals surface area contributed by atoms with Crippen molar-refractivity contribution in [2.75, 3.05) is 0 Å². The largest absolute Gasteiger partial charge is 0.443 e. The van der Waals surface area contributed by atoms with Gasteiger partial charge in [0.1, 0.15) is 5.60 Å². The number of amides is 2. The number of hydrogen-bond donors (Lipinski definition) is 1. The molecule has 1 aromatic heterocycles. The van der Waals surface area contributed by atoms with Crippen LogP contribution in [0.1, 0.15) is 50.5 Å². The SMILES string of the molecule is CC(C)N(NC(=O)c1ccccc1)C(=O)C=Cc1cn(C(=O)OC(C)(C)C)c2ccccc12. The molecule has 0 bridgehead atoms. The van der Waals surface area contributed by atoms with Gasteiger partial charge in [0.05, 0.1) is 5.52 Å². The second-order valence-corrected chi connectivity index (χ2v) is 8.89. The number of nitrogens with one attached hydrogen (secondary N) is 1. The van der Waals surface area contributed by atoms with Crippen molar-refractivity contribution in [1.82, 2.24) is 15.0 Å². The molecular formula is C26H29N3O4. The lowest BCUT2D eigenvalue weighted by Crippen LogP contribution is -2.49. The van der Waals surface area contributed by atoms with Crippen molar-refractivity contribution in [1.29, 1.82) is 0 Å². The van der Waals surface area contributed by atoms with E-state index in [4.69, 9.17) is 4.74 Å². The number of carbonyl (C=O) groups excluding carboxylic acids is 3. The molecule has 0 radical (unpaired) electrons. The summed E-state index contributed by atoms with van der Waals surface area (Å²) in [6.45, 7) is 9.04. The number of fused-ring (bicyclic) bond motifs is 1. The number of carbonyl (C=O) groups is 3. The molecule has 33 heavy (non-hydrogen) atoms. The Morgan fingerprint density at radius 2 is 1.64 bits per heavy atom. The van der Waals surface area contributed by atoms with E-state index >= 15 is 0 Å². The highest BCUT2D eigenvalue weighted by Gasteiger charge is 2.21. The molecule has 0 fully saturated rings. The number of para-hydroxylation sites is 1. The molecule has 172 valence electrons. The van der Waals surface area contributed by atoms with Crippen molar-refractivity contribution in [2.24, 2.45) is 0 Å². The van der Waals surface area contributed by atoms with Crippen LogP contribution in [0.3, 0.4) is 0 Å². The van der Waals surface area contributed by atoms with Gasteiger partial charge in [-0.1, -0.05) is 36.4 Å². The number of ether oxygens (including phenoxy) is 1. The second-order valence-electron chi connectivity index (χ2n) is 8.89. The fraction of sp³-hybridized carbons (Fsp3) is 0.269. The highest BCUT2D eigenvalue weighted by molar-refractivity contribution is 6.01. The number of nitrogens with zero attached hydrogens (tertiary/aromatic N) is 2. The first-order valence-electron chi connectivity index (χ1n) is 10.8. The quantitative estimate of drug-likeness (QED) is 0.450. The third-order valence-electron chi connectivity index (χ3n) is 4.75. The summed E-state index contributed by atoms with van der Waals surface area (Å²) < 4.78 is 6.94. The molecule has 2 aromatic carbocycles. The maximum atomic E-state index is 12.9. The van der Waals surface area contributed by atoms with Gasteiger partial charge >= 0.3 is 6.09 Å². The van der Waals surface area contributed by atoms with E-state index in [1.54, 1.807) is 57.3 Å². The number of hydrazine groups is 1. The van der Waals surface area contributed by atoms with Crippen molar-refractivity contribution in [3.8, 4) is 0 Å². The van der Waals surface area contributed by atoms with Gasteiger partial charge in [0.15, 0.2) is 0 Å². The summed E-state index contributed by atoms with van der Waals surface area (Å²) in [5.74, 6) is -0.754. The third kappa shape index (κ3) is 5.88. The van der Waals surface area contributed by atoms with Crippen LogP contribution in [0.4, 0.5) is 4.79 Å². The Hall–Kier alpha value is -3.87. The Labute approximate surface area is 193 Å². The summed E-state index contributed by atoms with van der Waals surface area (Å²) >= 11 is 0. The zero-order valence-corrected chi connectivity index (χ0v) is 19.5. The minimum Gasteiger partial charge on any atom is -0.443 e. The summed E-state index contributed by atoms with van der Waals surface area (Å²) in [4.78, 5) is 38.1. The molecule has 0 aliphatic heterocycles. The highest BCUT2D eigenvalue weighted by atomic mass is 16.6. The molecule has 7 nitrogen and oxygen atoms in total. The molecule has 0 atom stereocenters. The van der Waals surface area contributed by atoms with E-state index in [-0.39, 0.29) is 17.9 Å². The van der Waals surface area contributed by atoms with Crippen LogP contribution >= 0.6 is 0 Å². The van der Waals surface area contributed by atoms with E-state index in [2.05, 4.69) is 5.43 Å². The van der Waals surface area contributed by atoms with Gasteiger partial charge in [-0.3, -0.25) is 19.6 Å². The Morgan fingerprint density at radius 1 is 1.00 bits per heavy atom. The summed E-state index contributed by atoms with van der Waals surface area (Å²) in [7, 11) is 0. The van der Waals surface area contributed by atoms with Gasteiger partial charge in [0.2, 0.25) is 0 Å². The number of aromatic nitrogens is 1. The van der Waals surface area contributed by atoms with E-state index in [0.717, 1.165) is 5.39 Å². The monoisotopic (exact) mass is 447 g/mol. The fourth-order valence-corrected chi connectivity index (χ4v) is 3.24. The zero-order valence-electron chi connectivity index (χ0n) is 19.5. The lowest BCUT2D eigenvalue weighted by Gasteiger charge is -2.25. The number of rotatable bonds is 4. The molecule has 0 spiro atoms. The predicted octanol–water partition coefficient (Wildman–Crippen LogP) is 5.02. The molecule has 0 unspecified atom stereocenters. The van der Waals surface area contributed by atoms with Crippen LogP contribution in [-0.2, 0) is 9.53 Å². The average Bonchev–Trinajstić information content (AvgIpc) is 3.14. The first-order chi connectivity index (χ1) is 15.6. The van der Waals surface area contributed by atoms with Gasteiger partial charge in [0.25, 0.3) is 11.8 Å². The molecule has 0 saturated heterocycles. The Balaban J connectivity index is 1.85. The number of hydrogen-bond acceptors (Lipinski definition) is 4. The summed E-state index contributed by atoms with van der Waals surface area (Å²) in [6.07, 6.45) is 4.16. The van der Waals surface area contributed by atoms with Crippen LogP contribution in [0.5, 0.6) is 0 Å². The topological polar surface area (TPSA) is 80.6 Å². The first kappa shape index (κ1) is 23.8. The third-order valence-corrected chi connectivity index (χ3v) is 4.75. The molecule has 3 aromatic rings. The zero-order chi connectivity index (χ0) is 24.2. The van der Waals surface area contributed by atoms with Gasteiger partial charge in [-0.15, -0.1) is 0 Å². The molecule has 7 heteroatoms. The van der Waals surface area contributed by atoms with Crippen LogP contribution in [-0.4, -0.2) is 39.1 Å². The lowest BCUT2D eigenvalue weighted by molar-refractivity contribution is -0.130. The standard InChI is InChI=1S/C26H29N3O4/c1-18(2)29(27-24(31)19-11-7-6-8-12-19)23(30)16-15-20-17-28(25(32)33-26(3,4)5)22-14-10-9-13-21(20)22/h6-18H,1-5H3,(H,27,31). The van der Waals surface area contributed by atoms with Gasteiger partial charge in [-0.2, -0.15) is 0 Å². The van der Waals surface area contributed by atoms with Gasteiger partial charge in [-0.25, -0.2) is 9.80 Å². The molecule has 0 aliphatic carbocycles. The molecule has 2 amide bonds. The maximum Gasteiger partial charge on any atom is 0.419 e. The van der Waals surface area contributed by atoms with E-state index < -0.39 is 11.7 Å². The molecule has 1 heterocycles. The molecular weight excluding hydrogens is 418 g/mol. The highest BCUT2D eigenvalue weighted by Crippen LogP contribution is 2.24. The van der Waals surface area contributed by atoms with Crippen molar-refractivity contribution >= 4 is 34.9 Å². The number of benzene rings is 2. The van der Waals surface area contributed by atoms with E-state index in [9.17, 15) is 14.4 Å². The minimum atomic E-state index is -0.636. The van der Waals surface area contributed by atoms with Crippen LogP contribution in [0, 0.1) is 0 Å². The summed E-state index contributed by atoms with van der Waals surface area (Å²) in [5, 5.41) is 2.08. The Morgan fingerprint density at radius 3 is 2.27 bits per heavy atom. The molecule has 3 rings (SSSR count). The van der Waals surface area contributed by atoms with E-state index in [1.807, 2.05) is 44.2 Å². The van der Waals surface area contributed by atoms with Gasteiger partial charge in [-0.05, 0) is 58.9 Å². The van der Waals surface area contributed by atoms with Crippen LogP contribution in [0.15, 0.2) is 66.9 Å². The summed E-state index contributed by atoms with van der Waals surface area (Å²) in [6, 6.07) is 15.8. The summed E-state index contributed by atoms with van der Waals surface area (Å²) in [5.41, 5.74) is 3.85. The van der Waals surface area contributed by atoms with Gasteiger partial charge < -0.3 is 4.74 Å². The average molecular weight is 448 g/mol. The second kappa shape index (κ2) is 9.73. The Bertz CT molecular complexity index is 1190. The normalized spacial score (nSPS) is 11.7. The van der Waals surface area contributed by atoms with E-state index in [0.29, 0.717) is 16.6 Å². The van der Waals surface area contributed by atoms with Crippen LogP contribution in [0.25, 0.3) is 17.0 Å². The maximum absolute atomic E-state index is 12.9. The molecule has 1 N–H and O–H groups in total. The molecule has 0 aliphatic rings. The predicted molar refractivity (Wildman–Crippen MR) is 128 cm³/mol. The van der Waals surface area contributed by atoms with Crippen molar-refractivity contribution < 1.29 is 19.1 Å². The first-order valence-corrected chi connectivity index (χ1v) is 10.8. The lowest BCUT2D eigenvalue weighted by atomic mass is 10.1. The fourth-order valence-electron chi connectivity index (χ4n) is 3.24. The smallest absolute Gasteiger partial charge is 0.419 e. The van der Waals surface area contributed by atoms with Crippen molar-refractivity contribution in [3.05, 3.63) is 78.0 Å². The van der Waals surface area contributed by atoms with Crippen molar-refractivity contribution in [3.63, 3.8) is 0 Å². The Kier molecular flexibility index (Phi) is 7.01. The van der Waals surface area contributed by atoms with Crippen LogP contribution in [0.2, 0.25) is 0 Å². The molecule has 0 saturated carbocycles.